The Balaban J connectivity index is 1.94. The molecule has 7 heteroatoms. The molecule has 1 aliphatic heterocycles. The van der Waals surface area contributed by atoms with Crippen LogP contribution in [0.15, 0.2) is 78.5 Å². The molecule has 2 heterocycles. The number of rotatable bonds is 3. The largest absolute Gasteiger partial charge is 0.507 e. The van der Waals surface area contributed by atoms with Gasteiger partial charge in [0.15, 0.2) is 0 Å². The maximum atomic E-state index is 12.9. The summed E-state index contributed by atoms with van der Waals surface area (Å²) in [5.41, 5.74) is 1.21. The van der Waals surface area contributed by atoms with Gasteiger partial charge in [-0.1, -0.05) is 41.4 Å². The Morgan fingerprint density at radius 2 is 1.69 bits per heavy atom. The van der Waals surface area contributed by atoms with Crippen LogP contribution in [0.1, 0.15) is 17.3 Å². The van der Waals surface area contributed by atoms with Crippen LogP contribution in [0.5, 0.6) is 0 Å². The van der Waals surface area contributed by atoms with Gasteiger partial charge >= 0.3 is 0 Å². The van der Waals surface area contributed by atoms with E-state index in [2.05, 4.69) is 4.98 Å². The van der Waals surface area contributed by atoms with Crippen LogP contribution < -0.4 is 4.90 Å². The monoisotopic (exact) mass is 424 g/mol. The third-order valence-electron chi connectivity index (χ3n) is 4.62. The van der Waals surface area contributed by atoms with Gasteiger partial charge in [-0.25, -0.2) is 0 Å². The van der Waals surface area contributed by atoms with Crippen LogP contribution >= 0.6 is 23.2 Å². The zero-order valence-corrected chi connectivity index (χ0v) is 16.4. The zero-order valence-electron chi connectivity index (χ0n) is 14.9. The zero-order chi connectivity index (χ0) is 20.5. The number of anilines is 1. The fourth-order valence-corrected chi connectivity index (χ4v) is 3.63. The first-order valence-electron chi connectivity index (χ1n) is 8.71. The Morgan fingerprint density at radius 3 is 2.34 bits per heavy atom. The number of pyridine rings is 1. The van der Waals surface area contributed by atoms with E-state index in [1.54, 1.807) is 66.9 Å². The predicted octanol–water partition coefficient (Wildman–Crippen LogP) is 5.01. The number of Topliss-reactive ketones (excluding diaryl/α,β-unsaturated/α-hetero) is 1. The smallest absolute Gasteiger partial charge is 0.300 e. The van der Waals surface area contributed by atoms with Crippen LogP contribution in [0.25, 0.3) is 5.76 Å². The lowest BCUT2D eigenvalue weighted by molar-refractivity contribution is -0.132. The molecule has 0 saturated carbocycles. The quantitative estimate of drug-likeness (QED) is 0.364. The highest BCUT2D eigenvalue weighted by molar-refractivity contribution is 6.51. The molecule has 1 aliphatic rings. The summed E-state index contributed by atoms with van der Waals surface area (Å²) in [6.45, 7) is 0. The number of ketones is 1. The second-order valence-electron chi connectivity index (χ2n) is 6.41. The summed E-state index contributed by atoms with van der Waals surface area (Å²) in [6.07, 6.45) is 1.57. The highest BCUT2D eigenvalue weighted by atomic mass is 35.5. The maximum absolute atomic E-state index is 12.9. The molecule has 1 saturated heterocycles. The highest BCUT2D eigenvalue weighted by Crippen LogP contribution is 2.41. The molecule has 0 spiro atoms. The Labute approximate surface area is 176 Å². The Bertz CT molecular complexity index is 1130. The minimum atomic E-state index is -0.892. The van der Waals surface area contributed by atoms with Crippen molar-refractivity contribution in [2.75, 3.05) is 4.90 Å². The van der Waals surface area contributed by atoms with Gasteiger partial charge < -0.3 is 5.11 Å². The molecule has 1 aromatic heterocycles. The molecule has 1 fully saturated rings. The summed E-state index contributed by atoms with van der Waals surface area (Å²) in [6, 6.07) is 17.3. The van der Waals surface area contributed by atoms with Gasteiger partial charge in [-0.3, -0.25) is 19.5 Å². The fraction of sp³-hybridized carbons (Fsp3) is 0.0455. The molecule has 1 N–H and O–H groups in total. The van der Waals surface area contributed by atoms with Gasteiger partial charge in [0, 0.05) is 27.5 Å². The van der Waals surface area contributed by atoms with Crippen LogP contribution in [-0.4, -0.2) is 21.8 Å². The third kappa shape index (κ3) is 3.50. The molecule has 1 atom stereocenters. The average molecular weight is 425 g/mol. The molecule has 144 valence electrons. The lowest BCUT2D eigenvalue weighted by atomic mass is 9.98. The van der Waals surface area contributed by atoms with Gasteiger partial charge in [0.1, 0.15) is 11.8 Å². The Morgan fingerprint density at radius 1 is 0.931 bits per heavy atom. The Hall–Kier alpha value is -3.15. The number of carbonyl (C=O) groups is 2. The van der Waals surface area contributed by atoms with E-state index in [9.17, 15) is 14.7 Å². The standard InChI is InChI=1S/C22H14Cl2N2O3/c23-14-7-9-16(10-8-14)26-19(17-6-1-2-11-25-17)18(21(28)22(26)29)20(27)13-4-3-5-15(24)12-13/h1-12,19,27H/b20-18-. The first-order valence-corrected chi connectivity index (χ1v) is 9.46. The lowest BCUT2D eigenvalue weighted by Gasteiger charge is -2.24. The van der Waals surface area contributed by atoms with E-state index in [-0.39, 0.29) is 11.3 Å². The summed E-state index contributed by atoms with van der Waals surface area (Å²) in [7, 11) is 0. The van der Waals surface area contributed by atoms with E-state index in [1.807, 2.05) is 0 Å². The van der Waals surface area contributed by atoms with Crippen LogP contribution in [-0.2, 0) is 9.59 Å². The van der Waals surface area contributed by atoms with Crippen LogP contribution in [0.2, 0.25) is 10.0 Å². The number of hydrogen-bond acceptors (Lipinski definition) is 4. The van der Waals surface area contributed by atoms with Gasteiger partial charge in [0.05, 0.1) is 11.3 Å². The van der Waals surface area contributed by atoms with E-state index < -0.39 is 17.7 Å². The Kier molecular flexibility index (Phi) is 5.09. The van der Waals surface area contributed by atoms with Crippen LogP contribution in [0.4, 0.5) is 5.69 Å². The molecule has 0 radical (unpaired) electrons. The number of aromatic nitrogens is 1. The number of halogens is 2. The van der Waals surface area contributed by atoms with Crippen molar-refractivity contribution in [3.05, 3.63) is 99.8 Å². The van der Waals surface area contributed by atoms with Gasteiger partial charge in [0.25, 0.3) is 11.7 Å². The maximum Gasteiger partial charge on any atom is 0.300 e. The van der Waals surface area contributed by atoms with Crippen molar-refractivity contribution < 1.29 is 14.7 Å². The number of amides is 1. The van der Waals surface area contributed by atoms with Crippen molar-refractivity contribution >= 4 is 46.3 Å². The second-order valence-corrected chi connectivity index (χ2v) is 7.28. The number of aliphatic hydroxyl groups is 1. The number of benzene rings is 2. The molecule has 0 aliphatic carbocycles. The molecule has 5 nitrogen and oxygen atoms in total. The van der Waals surface area contributed by atoms with E-state index in [4.69, 9.17) is 23.2 Å². The van der Waals surface area contributed by atoms with E-state index in [0.717, 1.165) is 0 Å². The first kappa shape index (κ1) is 19.2. The van der Waals surface area contributed by atoms with Crippen molar-refractivity contribution in [2.24, 2.45) is 0 Å². The SMILES string of the molecule is O=C1C(=O)N(c2ccc(Cl)cc2)C(c2ccccn2)/C1=C(/O)c1cccc(Cl)c1. The topological polar surface area (TPSA) is 70.5 Å². The molecule has 1 unspecified atom stereocenters. The molecule has 2 aromatic carbocycles. The van der Waals surface area contributed by atoms with Crippen molar-refractivity contribution in [2.45, 2.75) is 6.04 Å². The molecular weight excluding hydrogens is 411 g/mol. The minimum absolute atomic E-state index is 0.0501. The fourth-order valence-electron chi connectivity index (χ4n) is 3.31. The van der Waals surface area contributed by atoms with Crippen LogP contribution in [0, 0.1) is 0 Å². The normalized spacial score (nSPS) is 18.3. The summed E-state index contributed by atoms with van der Waals surface area (Å²) in [4.78, 5) is 31.5. The van der Waals surface area contributed by atoms with Crippen molar-refractivity contribution in [1.29, 1.82) is 0 Å². The van der Waals surface area contributed by atoms with Gasteiger partial charge in [-0.15, -0.1) is 0 Å². The molecule has 4 rings (SSSR count). The van der Waals surface area contributed by atoms with Gasteiger partial charge in [-0.2, -0.15) is 0 Å². The number of nitrogens with zero attached hydrogens (tertiary/aromatic N) is 2. The highest BCUT2D eigenvalue weighted by Gasteiger charge is 2.47. The minimum Gasteiger partial charge on any atom is -0.507 e. The lowest BCUT2D eigenvalue weighted by Crippen LogP contribution is -2.29. The summed E-state index contributed by atoms with van der Waals surface area (Å²) in [5, 5.41) is 11.8. The van der Waals surface area contributed by atoms with E-state index in [0.29, 0.717) is 27.0 Å². The van der Waals surface area contributed by atoms with E-state index >= 15 is 0 Å². The molecule has 29 heavy (non-hydrogen) atoms. The number of carbonyl (C=O) groups excluding carboxylic acids is 2. The van der Waals surface area contributed by atoms with Crippen molar-refractivity contribution in [3.63, 3.8) is 0 Å². The summed E-state index contributed by atoms with van der Waals surface area (Å²) >= 11 is 12.0. The van der Waals surface area contributed by atoms with Gasteiger partial charge in [0.2, 0.25) is 0 Å². The van der Waals surface area contributed by atoms with Crippen molar-refractivity contribution in [3.8, 4) is 0 Å². The molecular formula is C22H14Cl2N2O3. The average Bonchev–Trinajstić information content (AvgIpc) is 3.00. The first-order chi connectivity index (χ1) is 14.0. The second kappa shape index (κ2) is 7.70. The van der Waals surface area contributed by atoms with Crippen molar-refractivity contribution in [1.82, 2.24) is 4.98 Å². The molecule has 0 bridgehead atoms. The van der Waals surface area contributed by atoms with Gasteiger partial charge in [-0.05, 0) is 48.5 Å². The predicted molar refractivity (Wildman–Crippen MR) is 112 cm³/mol. The van der Waals surface area contributed by atoms with E-state index in [1.165, 1.54) is 11.0 Å². The number of hydrogen-bond donors (Lipinski definition) is 1. The molecule has 1 amide bonds. The summed E-state index contributed by atoms with van der Waals surface area (Å²) < 4.78 is 0. The van der Waals surface area contributed by atoms with Crippen LogP contribution in [0.3, 0.4) is 0 Å². The molecule has 3 aromatic rings. The third-order valence-corrected chi connectivity index (χ3v) is 5.10. The number of aliphatic hydroxyl groups excluding tert-OH is 1. The summed E-state index contributed by atoms with van der Waals surface area (Å²) in [5.74, 6) is -1.86.